The van der Waals surface area contributed by atoms with Gasteiger partial charge in [0.25, 0.3) is 0 Å². The molecule has 90 valence electrons. The molecule has 2 nitrogen and oxygen atoms in total. The minimum atomic E-state index is 0.577. The van der Waals surface area contributed by atoms with Gasteiger partial charge in [0.1, 0.15) is 11.5 Å². The Morgan fingerprint density at radius 2 is 2.00 bits per heavy atom. The maximum absolute atomic E-state index is 8.93. The summed E-state index contributed by atoms with van der Waals surface area (Å²) >= 11 is 3.37. The van der Waals surface area contributed by atoms with E-state index < -0.39 is 0 Å². The fourth-order valence-electron chi connectivity index (χ4n) is 1.71. The Morgan fingerprint density at radius 1 is 1.22 bits per heavy atom. The number of nitrogens with zero attached hydrogens (tertiary/aromatic N) is 1. The summed E-state index contributed by atoms with van der Waals surface area (Å²) in [6.07, 6.45) is 0.912. The van der Waals surface area contributed by atoms with Crippen molar-refractivity contribution in [3.05, 3.63) is 58.1 Å². The van der Waals surface area contributed by atoms with Crippen LogP contribution in [0.2, 0.25) is 0 Å². The fraction of sp³-hybridized carbons (Fsp3) is 0.133. The van der Waals surface area contributed by atoms with Gasteiger partial charge < -0.3 is 4.74 Å². The van der Waals surface area contributed by atoms with Crippen molar-refractivity contribution in [2.75, 3.05) is 0 Å². The van der Waals surface area contributed by atoms with Crippen LogP contribution in [0.4, 0.5) is 0 Å². The number of hydrogen-bond acceptors (Lipinski definition) is 2. The molecule has 0 saturated carbocycles. The molecule has 2 aromatic rings. The average Bonchev–Trinajstić information content (AvgIpc) is 2.38. The molecule has 3 heteroatoms. The Bertz CT molecular complexity index is 602. The molecule has 0 N–H and O–H groups in total. The summed E-state index contributed by atoms with van der Waals surface area (Å²) in [7, 11) is 0. The van der Waals surface area contributed by atoms with Crippen molar-refractivity contribution >= 4 is 15.9 Å². The van der Waals surface area contributed by atoms with E-state index >= 15 is 0 Å². The van der Waals surface area contributed by atoms with E-state index in [2.05, 4.69) is 28.9 Å². The predicted molar refractivity (Wildman–Crippen MR) is 74.8 cm³/mol. The molecule has 0 atom stereocenters. The number of para-hydroxylation sites is 1. The number of hydrogen-bond donors (Lipinski definition) is 0. The van der Waals surface area contributed by atoms with Gasteiger partial charge >= 0.3 is 0 Å². The van der Waals surface area contributed by atoms with Gasteiger partial charge in [-0.25, -0.2) is 0 Å². The number of ether oxygens (including phenoxy) is 1. The maximum Gasteiger partial charge on any atom is 0.130 e. The predicted octanol–water partition coefficient (Wildman–Crippen LogP) is 4.68. The van der Waals surface area contributed by atoms with E-state index in [0.29, 0.717) is 11.3 Å². The van der Waals surface area contributed by atoms with E-state index in [1.807, 2.05) is 30.3 Å². The van der Waals surface area contributed by atoms with Crippen molar-refractivity contribution in [1.82, 2.24) is 0 Å². The van der Waals surface area contributed by atoms with E-state index in [4.69, 9.17) is 10.00 Å². The molecule has 0 saturated heterocycles. The number of halogens is 1. The van der Waals surface area contributed by atoms with Gasteiger partial charge in [-0.05, 0) is 36.2 Å². The van der Waals surface area contributed by atoms with Gasteiger partial charge in [-0.1, -0.05) is 41.1 Å². The molecule has 0 unspecified atom stereocenters. The van der Waals surface area contributed by atoms with E-state index in [0.717, 1.165) is 22.2 Å². The SMILES string of the molecule is CCc1ccccc1Oc1cc(Br)cc(C#N)c1. The molecule has 0 radical (unpaired) electrons. The van der Waals surface area contributed by atoms with Crippen molar-refractivity contribution in [3.63, 3.8) is 0 Å². The Kier molecular flexibility index (Phi) is 4.01. The quantitative estimate of drug-likeness (QED) is 0.825. The molecule has 0 bridgehead atoms. The molecule has 0 aliphatic heterocycles. The molecule has 0 spiro atoms. The summed E-state index contributed by atoms with van der Waals surface area (Å²) in [5.74, 6) is 1.50. The highest BCUT2D eigenvalue weighted by atomic mass is 79.9. The lowest BCUT2D eigenvalue weighted by Crippen LogP contribution is -1.90. The second-order valence-electron chi connectivity index (χ2n) is 3.85. The van der Waals surface area contributed by atoms with Crippen LogP contribution in [0.1, 0.15) is 18.1 Å². The molecular formula is C15H12BrNO. The van der Waals surface area contributed by atoms with Gasteiger partial charge in [-0.3, -0.25) is 0 Å². The standard InChI is InChI=1S/C15H12BrNO/c1-2-12-5-3-4-6-15(12)18-14-8-11(10-17)7-13(16)9-14/h3-9H,2H2,1H3. The van der Waals surface area contributed by atoms with Crippen molar-refractivity contribution < 1.29 is 4.74 Å². The second kappa shape index (κ2) is 5.70. The zero-order valence-corrected chi connectivity index (χ0v) is 11.6. The van der Waals surface area contributed by atoms with Gasteiger partial charge in [-0.2, -0.15) is 5.26 Å². The van der Waals surface area contributed by atoms with Crippen LogP contribution in [-0.4, -0.2) is 0 Å². The summed E-state index contributed by atoms with van der Waals surface area (Å²) in [6.45, 7) is 2.09. The molecule has 0 aromatic heterocycles. The lowest BCUT2D eigenvalue weighted by molar-refractivity contribution is 0.476. The molecule has 2 aromatic carbocycles. The van der Waals surface area contributed by atoms with E-state index in [9.17, 15) is 0 Å². The first-order valence-corrected chi connectivity index (χ1v) is 6.48. The monoisotopic (exact) mass is 301 g/mol. The molecular weight excluding hydrogens is 290 g/mol. The summed E-state index contributed by atoms with van der Waals surface area (Å²) < 4.78 is 6.68. The van der Waals surface area contributed by atoms with E-state index in [-0.39, 0.29) is 0 Å². The van der Waals surface area contributed by atoms with E-state index in [1.54, 1.807) is 12.1 Å². The zero-order valence-electron chi connectivity index (χ0n) is 9.98. The summed E-state index contributed by atoms with van der Waals surface area (Å²) in [5.41, 5.74) is 1.73. The fourth-order valence-corrected chi connectivity index (χ4v) is 2.18. The van der Waals surface area contributed by atoms with Crippen LogP contribution in [0.3, 0.4) is 0 Å². The number of benzene rings is 2. The van der Waals surface area contributed by atoms with Crippen LogP contribution in [0, 0.1) is 11.3 Å². The smallest absolute Gasteiger partial charge is 0.130 e. The molecule has 2 rings (SSSR count). The molecule has 0 aliphatic carbocycles. The lowest BCUT2D eigenvalue weighted by Gasteiger charge is -2.10. The maximum atomic E-state index is 8.93. The lowest BCUT2D eigenvalue weighted by atomic mass is 10.1. The van der Waals surface area contributed by atoms with Crippen LogP contribution in [-0.2, 0) is 6.42 Å². The van der Waals surface area contributed by atoms with Gasteiger partial charge in [0, 0.05) is 4.47 Å². The van der Waals surface area contributed by atoms with Crippen molar-refractivity contribution in [2.45, 2.75) is 13.3 Å². The van der Waals surface area contributed by atoms with Gasteiger partial charge in [-0.15, -0.1) is 0 Å². The van der Waals surface area contributed by atoms with Crippen molar-refractivity contribution in [1.29, 1.82) is 5.26 Å². The van der Waals surface area contributed by atoms with E-state index in [1.165, 1.54) is 0 Å². The van der Waals surface area contributed by atoms with Crippen molar-refractivity contribution in [2.24, 2.45) is 0 Å². The summed E-state index contributed by atoms with van der Waals surface area (Å²) in [6, 6.07) is 15.4. The van der Waals surface area contributed by atoms with Gasteiger partial charge in [0.15, 0.2) is 0 Å². The third-order valence-electron chi connectivity index (χ3n) is 2.58. The highest BCUT2D eigenvalue weighted by molar-refractivity contribution is 9.10. The van der Waals surface area contributed by atoms with Crippen molar-refractivity contribution in [3.8, 4) is 17.6 Å². The number of rotatable bonds is 3. The summed E-state index contributed by atoms with van der Waals surface area (Å²) in [5, 5.41) is 8.93. The Balaban J connectivity index is 2.34. The van der Waals surface area contributed by atoms with Crippen LogP contribution in [0.25, 0.3) is 0 Å². The van der Waals surface area contributed by atoms with Crippen LogP contribution in [0.5, 0.6) is 11.5 Å². The van der Waals surface area contributed by atoms with Crippen LogP contribution >= 0.6 is 15.9 Å². The van der Waals surface area contributed by atoms with Crippen LogP contribution < -0.4 is 4.74 Å². The largest absolute Gasteiger partial charge is 0.457 e. The Hall–Kier alpha value is -1.79. The number of nitriles is 1. The minimum absolute atomic E-state index is 0.577. The molecule has 0 amide bonds. The molecule has 0 aliphatic rings. The van der Waals surface area contributed by atoms with Crippen LogP contribution in [0.15, 0.2) is 46.9 Å². The first-order chi connectivity index (χ1) is 8.72. The third kappa shape index (κ3) is 2.91. The van der Waals surface area contributed by atoms with Gasteiger partial charge in [0.2, 0.25) is 0 Å². The Labute approximate surface area is 115 Å². The number of aryl methyl sites for hydroxylation is 1. The average molecular weight is 302 g/mol. The first-order valence-electron chi connectivity index (χ1n) is 5.69. The summed E-state index contributed by atoms with van der Waals surface area (Å²) in [4.78, 5) is 0. The van der Waals surface area contributed by atoms with Gasteiger partial charge in [0.05, 0.1) is 11.6 Å². The zero-order chi connectivity index (χ0) is 13.0. The second-order valence-corrected chi connectivity index (χ2v) is 4.77. The minimum Gasteiger partial charge on any atom is -0.457 e. The highest BCUT2D eigenvalue weighted by Gasteiger charge is 2.04. The Morgan fingerprint density at radius 3 is 2.72 bits per heavy atom. The molecule has 0 fully saturated rings. The molecule has 0 heterocycles. The molecule has 18 heavy (non-hydrogen) atoms. The third-order valence-corrected chi connectivity index (χ3v) is 3.04. The normalized spacial score (nSPS) is 9.83. The highest BCUT2D eigenvalue weighted by Crippen LogP contribution is 2.28. The topological polar surface area (TPSA) is 33.0 Å². The first kappa shape index (κ1) is 12.7.